The Balaban J connectivity index is 1.85. The van der Waals surface area contributed by atoms with Gasteiger partial charge in [-0.2, -0.15) is 0 Å². The van der Waals surface area contributed by atoms with Gasteiger partial charge < -0.3 is 9.73 Å². The normalized spacial score (nSPS) is 11.2. The Morgan fingerprint density at radius 3 is 2.37 bits per heavy atom. The van der Waals surface area contributed by atoms with Gasteiger partial charge in [-0.05, 0) is 54.6 Å². The number of halogens is 2. The number of anilines is 1. The summed E-state index contributed by atoms with van der Waals surface area (Å²) in [5, 5.41) is 3.37. The van der Waals surface area contributed by atoms with Crippen LogP contribution in [0.25, 0.3) is 0 Å². The molecular weight excluding hydrogens is 411 g/mol. The minimum absolute atomic E-state index is 0.0174. The van der Waals surface area contributed by atoms with Gasteiger partial charge in [0.25, 0.3) is 15.9 Å². The number of carbonyl (C=O) groups excluding carboxylic acids is 1. The van der Waals surface area contributed by atoms with Crippen LogP contribution in [0.5, 0.6) is 0 Å². The van der Waals surface area contributed by atoms with Crippen LogP contribution < -0.4 is 10.0 Å². The number of hydrogen-bond donors (Lipinski definition) is 2. The Morgan fingerprint density at radius 2 is 1.70 bits per heavy atom. The van der Waals surface area contributed by atoms with Gasteiger partial charge in [0.15, 0.2) is 0 Å². The van der Waals surface area contributed by atoms with E-state index in [-0.39, 0.29) is 22.7 Å². The van der Waals surface area contributed by atoms with E-state index in [1.54, 1.807) is 12.1 Å². The van der Waals surface area contributed by atoms with E-state index in [9.17, 15) is 13.2 Å². The topological polar surface area (TPSA) is 88.4 Å². The Hall–Kier alpha value is -2.48. The van der Waals surface area contributed by atoms with Crippen LogP contribution in [0.3, 0.4) is 0 Å². The van der Waals surface area contributed by atoms with E-state index in [0.29, 0.717) is 15.8 Å². The van der Waals surface area contributed by atoms with Crippen molar-refractivity contribution < 1.29 is 17.6 Å². The van der Waals surface area contributed by atoms with Crippen LogP contribution in [0.1, 0.15) is 16.1 Å². The molecule has 0 saturated heterocycles. The van der Waals surface area contributed by atoms with Crippen LogP contribution in [0.4, 0.5) is 5.69 Å². The third-order valence-electron chi connectivity index (χ3n) is 3.60. The van der Waals surface area contributed by atoms with Crippen molar-refractivity contribution in [3.05, 3.63) is 82.2 Å². The first-order chi connectivity index (χ1) is 12.8. The van der Waals surface area contributed by atoms with Crippen molar-refractivity contribution in [2.75, 3.05) is 4.72 Å². The molecule has 0 atom stereocenters. The first-order valence-corrected chi connectivity index (χ1v) is 9.97. The van der Waals surface area contributed by atoms with Gasteiger partial charge in [-0.25, -0.2) is 8.42 Å². The lowest BCUT2D eigenvalue weighted by Gasteiger charge is -2.13. The molecule has 0 saturated carbocycles. The first kappa shape index (κ1) is 19.3. The SMILES string of the molecule is O=C(NCc1ccco1)c1cc(Cl)ccc1NS(=O)(=O)c1ccc(Cl)cc1. The lowest BCUT2D eigenvalue weighted by Crippen LogP contribution is -2.24. The molecule has 0 aliphatic heterocycles. The molecule has 0 unspecified atom stereocenters. The average Bonchev–Trinajstić information content (AvgIpc) is 3.15. The van der Waals surface area contributed by atoms with E-state index in [1.165, 1.54) is 48.7 Å². The number of amides is 1. The second-order valence-electron chi connectivity index (χ2n) is 5.51. The summed E-state index contributed by atoms with van der Waals surface area (Å²) >= 11 is 11.8. The zero-order chi connectivity index (χ0) is 19.4. The van der Waals surface area contributed by atoms with Crippen molar-refractivity contribution in [2.45, 2.75) is 11.4 Å². The van der Waals surface area contributed by atoms with Gasteiger partial charge in [-0.1, -0.05) is 23.2 Å². The molecule has 6 nitrogen and oxygen atoms in total. The molecule has 27 heavy (non-hydrogen) atoms. The molecule has 3 aromatic rings. The Labute approximate surface area is 166 Å². The number of furan rings is 1. The fourth-order valence-corrected chi connectivity index (χ4v) is 3.66. The highest BCUT2D eigenvalue weighted by molar-refractivity contribution is 7.92. The minimum Gasteiger partial charge on any atom is -0.467 e. The molecule has 140 valence electrons. The number of hydrogen-bond acceptors (Lipinski definition) is 4. The van der Waals surface area contributed by atoms with E-state index in [1.807, 2.05) is 0 Å². The van der Waals surface area contributed by atoms with Crippen molar-refractivity contribution in [1.82, 2.24) is 5.32 Å². The van der Waals surface area contributed by atoms with E-state index >= 15 is 0 Å². The van der Waals surface area contributed by atoms with Crippen molar-refractivity contribution >= 4 is 44.8 Å². The fourth-order valence-electron chi connectivity index (χ4n) is 2.29. The van der Waals surface area contributed by atoms with E-state index < -0.39 is 15.9 Å². The molecule has 0 spiro atoms. The highest BCUT2D eigenvalue weighted by atomic mass is 35.5. The van der Waals surface area contributed by atoms with Crippen LogP contribution in [0, 0.1) is 0 Å². The maximum Gasteiger partial charge on any atom is 0.261 e. The van der Waals surface area contributed by atoms with Gasteiger partial charge in [0.1, 0.15) is 5.76 Å². The van der Waals surface area contributed by atoms with Crippen LogP contribution in [0.15, 0.2) is 70.2 Å². The average molecular weight is 425 g/mol. The Bertz CT molecular complexity index is 1050. The summed E-state index contributed by atoms with van der Waals surface area (Å²) in [5.41, 5.74) is 0.192. The van der Waals surface area contributed by atoms with Crippen LogP contribution in [-0.4, -0.2) is 14.3 Å². The summed E-state index contributed by atoms with van der Waals surface area (Å²) in [5.74, 6) is 0.0661. The second kappa shape index (κ2) is 8.04. The molecule has 0 radical (unpaired) electrons. The summed E-state index contributed by atoms with van der Waals surface area (Å²) in [6.07, 6.45) is 1.49. The molecule has 3 rings (SSSR count). The number of benzene rings is 2. The number of carbonyl (C=O) groups is 1. The van der Waals surface area contributed by atoms with Crippen LogP contribution in [-0.2, 0) is 16.6 Å². The van der Waals surface area contributed by atoms with Crippen molar-refractivity contribution in [3.8, 4) is 0 Å². The molecule has 0 aliphatic carbocycles. The number of rotatable bonds is 6. The summed E-state index contributed by atoms with van der Waals surface area (Å²) in [6.45, 7) is 0.154. The molecular formula is C18H14Cl2N2O4S. The standard InChI is InChI=1S/C18H14Cl2N2O4S/c19-12-3-6-15(7-4-12)27(24,25)22-17-8-5-13(20)10-16(17)18(23)21-11-14-2-1-9-26-14/h1-10,22H,11H2,(H,21,23). The fraction of sp³-hybridized carbons (Fsp3) is 0.0556. The van der Waals surface area contributed by atoms with Crippen molar-refractivity contribution in [2.24, 2.45) is 0 Å². The van der Waals surface area contributed by atoms with Crippen molar-refractivity contribution in [3.63, 3.8) is 0 Å². The van der Waals surface area contributed by atoms with Gasteiger partial charge in [0, 0.05) is 10.0 Å². The van der Waals surface area contributed by atoms with E-state index in [4.69, 9.17) is 27.6 Å². The van der Waals surface area contributed by atoms with E-state index in [0.717, 1.165) is 0 Å². The highest BCUT2D eigenvalue weighted by Crippen LogP contribution is 2.24. The minimum atomic E-state index is -3.91. The maximum atomic E-state index is 12.6. The summed E-state index contributed by atoms with van der Waals surface area (Å²) in [4.78, 5) is 12.5. The van der Waals surface area contributed by atoms with Crippen molar-refractivity contribution in [1.29, 1.82) is 0 Å². The van der Waals surface area contributed by atoms with E-state index in [2.05, 4.69) is 10.0 Å². The van der Waals surface area contributed by atoms with Gasteiger partial charge in [-0.15, -0.1) is 0 Å². The molecule has 9 heteroatoms. The zero-order valence-corrected chi connectivity index (χ0v) is 16.1. The second-order valence-corrected chi connectivity index (χ2v) is 8.07. The summed E-state index contributed by atoms with van der Waals surface area (Å²) in [6, 6.07) is 13.4. The van der Waals surface area contributed by atoms with Gasteiger partial charge in [0.2, 0.25) is 0 Å². The van der Waals surface area contributed by atoms with Crippen LogP contribution >= 0.6 is 23.2 Å². The molecule has 2 aromatic carbocycles. The quantitative estimate of drug-likeness (QED) is 0.616. The Kier molecular flexibility index (Phi) is 5.74. The Morgan fingerprint density at radius 1 is 1.00 bits per heavy atom. The summed E-state index contributed by atoms with van der Waals surface area (Å²) < 4.78 is 32.7. The monoisotopic (exact) mass is 424 g/mol. The zero-order valence-electron chi connectivity index (χ0n) is 13.8. The molecule has 0 fully saturated rings. The molecule has 1 aromatic heterocycles. The number of nitrogens with one attached hydrogen (secondary N) is 2. The lowest BCUT2D eigenvalue weighted by molar-refractivity contribution is 0.0949. The largest absolute Gasteiger partial charge is 0.467 e. The molecule has 1 heterocycles. The van der Waals surface area contributed by atoms with Gasteiger partial charge in [-0.3, -0.25) is 9.52 Å². The first-order valence-electron chi connectivity index (χ1n) is 7.74. The highest BCUT2D eigenvalue weighted by Gasteiger charge is 2.19. The molecule has 1 amide bonds. The lowest BCUT2D eigenvalue weighted by atomic mass is 10.1. The van der Waals surface area contributed by atoms with Gasteiger partial charge in [0.05, 0.1) is 29.0 Å². The predicted molar refractivity (Wildman–Crippen MR) is 104 cm³/mol. The molecule has 0 aliphatic rings. The molecule has 0 bridgehead atoms. The van der Waals surface area contributed by atoms with Gasteiger partial charge >= 0.3 is 0 Å². The number of sulfonamides is 1. The van der Waals surface area contributed by atoms with Crippen LogP contribution in [0.2, 0.25) is 10.0 Å². The third-order valence-corrected chi connectivity index (χ3v) is 5.47. The third kappa shape index (κ3) is 4.82. The maximum absolute atomic E-state index is 12.6. The smallest absolute Gasteiger partial charge is 0.261 e. The summed E-state index contributed by atoms with van der Waals surface area (Å²) in [7, 11) is -3.91. The predicted octanol–water partition coefficient (Wildman–Crippen LogP) is 4.32. The molecule has 2 N–H and O–H groups in total.